The van der Waals surface area contributed by atoms with Crippen molar-refractivity contribution in [2.24, 2.45) is 17.6 Å². The maximum atomic E-state index is 6.07. The average molecular weight is 339 g/mol. The molecule has 20 heavy (non-hydrogen) atoms. The summed E-state index contributed by atoms with van der Waals surface area (Å²) in [6.45, 7) is 3.12. The van der Waals surface area contributed by atoms with Gasteiger partial charge in [0.25, 0.3) is 0 Å². The van der Waals surface area contributed by atoms with E-state index in [1.165, 1.54) is 37.9 Å². The molecule has 1 saturated heterocycles. The van der Waals surface area contributed by atoms with Crippen LogP contribution in [0.2, 0.25) is 0 Å². The van der Waals surface area contributed by atoms with Crippen molar-refractivity contribution in [2.45, 2.75) is 25.3 Å². The summed E-state index contributed by atoms with van der Waals surface area (Å²) >= 11 is 3.58. The molecule has 3 unspecified atom stereocenters. The van der Waals surface area contributed by atoms with Gasteiger partial charge in [-0.1, -0.05) is 12.5 Å². The number of hydrogen-bond donors (Lipinski definition) is 1. The second-order valence-electron chi connectivity index (χ2n) is 6.05. The van der Waals surface area contributed by atoms with Crippen molar-refractivity contribution in [2.75, 3.05) is 26.7 Å². The summed E-state index contributed by atoms with van der Waals surface area (Å²) in [5.74, 6) is 2.69. The first-order valence-electron chi connectivity index (χ1n) is 7.50. The zero-order valence-corrected chi connectivity index (χ0v) is 13.6. The molecule has 2 fully saturated rings. The molecule has 0 spiro atoms. The first-order valence-corrected chi connectivity index (χ1v) is 8.29. The molecule has 2 aliphatic rings. The summed E-state index contributed by atoms with van der Waals surface area (Å²) in [5, 5.41) is 0. The van der Waals surface area contributed by atoms with Crippen LogP contribution in [0.5, 0.6) is 5.75 Å². The fourth-order valence-electron chi connectivity index (χ4n) is 3.91. The number of rotatable bonds is 4. The number of halogens is 1. The van der Waals surface area contributed by atoms with E-state index in [2.05, 4.69) is 33.0 Å². The molecule has 0 amide bonds. The third kappa shape index (κ3) is 2.61. The number of nitrogens with zero attached hydrogens (tertiary/aromatic N) is 1. The van der Waals surface area contributed by atoms with Gasteiger partial charge < -0.3 is 10.5 Å². The lowest BCUT2D eigenvalue weighted by Crippen LogP contribution is -2.32. The monoisotopic (exact) mass is 338 g/mol. The molecule has 0 radical (unpaired) electrons. The third-order valence-electron chi connectivity index (χ3n) is 4.98. The Labute approximate surface area is 129 Å². The average Bonchev–Trinajstić information content (AvgIpc) is 3.01. The van der Waals surface area contributed by atoms with Crippen LogP contribution in [0.1, 0.15) is 30.9 Å². The van der Waals surface area contributed by atoms with Crippen LogP contribution in [0.3, 0.4) is 0 Å². The second-order valence-corrected chi connectivity index (χ2v) is 6.90. The van der Waals surface area contributed by atoms with E-state index in [4.69, 9.17) is 10.5 Å². The van der Waals surface area contributed by atoms with Gasteiger partial charge in [0.15, 0.2) is 0 Å². The summed E-state index contributed by atoms with van der Waals surface area (Å²) in [5.41, 5.74) is 7.36. The highest BCUT2D eigenvalue weighted by atomic mass is 79.9. The van der Waals surface area contributed by atoms with Crippen LogP contribution in [0.25, 0.3) is 0 Å². The van der Waals surface area contributed by atoms with Gasteiger partial charge in [-0.2, -0.15) is 0 Å². The molecule has 3 nitrogen and oxygen atoms in total. The lowest BCUT2D eigenvalue weighted by Gasteiger charge is -2.28. The lowest BCUT2D eigenvalue weighted by atomic mass is 10.0. The fraction of sp³-hybridized carbons (Fsp3) is 0.625. The Morgan fingerprint density at radius 3 is 2.60 bits per heavy atom. The lowest BCUT2D eigenvalue weighted by molar-refractivity contribution is 0.231. The number of hydrogen-bond acceptors (Lipinski definition) is 3. The molecule has 2 N–H and O–H groups in total. The Kier molecular flexibility index (Phi) is 4.34. The minimum atomic E-state index is 0.336. The standard InChI is InChI=1S/C16H23BrN2O/c1-20-16-6-5-11(7-14(16)17)15(8-18)19-9-12-3-2-4-13(12)10-19/h5-7,12-13,15H,2-4,8-10,18H2,1H3. The highest BCUT2D eigenvalue weighted by Gasteiger charge is 2.38. The minimum absolute atomic E-state index is 0.336. The van der Waals surface area contributed by atoms with Gasteiger partial charge in [-0.3, -0.25) is 4.90 Å². The topological polar surface area (TPSA) is 38.5 Å². The van der Waals surface area contributed by atoms with E-state index >= 15 is 0 Å². The molecule has 3 atom stereocenters. The van der Waals surface area contributed by atoms with Crippen molar-refractivity contribution < 1.29 is 4.74 Å². The first-order chi connectivity index (χ1) is 9.72. The van der Waals surface area contributed by atoms with Crippen LogP contribution in [-0.2, 0) is 0 Å². The first kappa shape index (κ1) is 14.4. The molecule has 4 heteroatoms. The molecule has 3 rings (SSSR count). The summed E-state index contributed by atoms with van der Waals surface area (Å²) in [4.78, 5) is 2.59. The summed E-state index contributed by atoms with van der Waals surface area (Å²) in [6, 6.07) is 6.67. The predicted molar refractivity (Wildman–Crippen MR) is 84.9 cm³/mol. The minimum Gasteiger partial charge on any atom is -0.496 e. The molecule has 0 aromatic heterocycles. The number of benzene rings is 1. The van der Waals surface area contributed by atoms with Crippen LogP contribution in [0.15, 0.2) is 22.7 Å². The van der Waals surface area contributed by atoms with E-state index in [0.29, 0.717) is 12.6 Å². The Balaban J connectivity index is 1.78. The van der Waals surface area contributed by atoms with Crippen molar-refractivity contribution in [3.05, 3.63) is 28.2 Å². The Hall–Kier alpha value is -0.580. The van der Waals surface area contributed by atoms with Crippen molar-refractivity contribution in [3.8, 4) is 5.75 Å². The van der Waals surface area contributed by atoms with Crippen molar-refractivity contribution in [1.29, 1.82) is 0 Å². The maximum Gasteiger partial charge on any atom is 0.133 e. The highest BCUT2D eigenvalue weighted by Crippen LogP contribution is 2.41. The molecular weight excluding hydrogens is 316 g/mol. The van der Waals surface area contributed by atoms with Gasteiger partial charge >= 0.3 is 0 Å². The molecule has 1 saturated carbocycles. The largest absolute Gasteiger partial charge is 0.496 e. The van der Waals surface area contributed by atoms with Gasteiger partial charge in [0.05, 0.1) is 11.6 Å². The van der Waals surface area contributed by atoms with E-state index in [1.807, 2.05) is 6.07 Å². The summed E-state index contributed by atoms with van der Waals surface area (Å²) < 4.78 is 6.32. The highest BCUT2D eigenvalue weighted by molar-refractivity contribution is 9.10. The van der Waals surface area contributed by atoms with Gasteiger partial charge in [-0.15, -0.1) is 0 Å². The molecule has 1 heterocycles. The van der Waals surface area contributed by atoms with E-state index in [0.717, 1.165) is 22.1 Å². The van der Waals surface area contributed by atoms with Crippen molar-refractivity contribution >= 4 is 15.9 Å². The fourth-order valence-corrected chi connectivity index (χ4v) is 4.47. The molecule has 1 aromatic carbocycles. The van der Waals surface area contributed by atoms with Crippen LogP contribution in [0, 0.1) is 11.8 Å². The predicted octanol–water partition coefficient (Wildman–Crippen LogP) is 3.19. The molecule has 110 valence electrons. The van der Waals surface area contributed by atoms with Crippen molar-refractivity contribution in [1.82, 2.24) is 4.90 Å². The van der Waals surface area contributed by atoms with Crippen LogP contribution in [-0.4, -0.2) is 31.6 Å². The molecule has 0 bridgehead atoms. The molecular formula is C16H23BrN2O. The number of methoxy groups -OCH3 is 1. The van der Waals surface area contributed by atoms with E-state index < -0.39 is 0 Å². The van der Waals surface area contributed by atoms with Gasteiger partial charge in [-0.05, 0) is 58.3 Å². The van der Waals surface area contributed by atoms with Gasteiger partial charge in [0, 0.05) is 25.7 Å². The number of likely N-dealkylation sites (tertiary alicyclic amines) is 1. The van der Waals surface area contributed by atoms with Gasteiger partial charge in [0.2, 0.25) is 0 Å². The smallest absolute Gasteiger partial charge is 0.133 e. The van der Waals surface area contributed by atoms with E-state index in [9.17, 15) is 0 Å². The summed E-state index contributed by atoms with van der Waals surface area (Å²) in [7, 11) is 1.70. The second kappa shape index (κ2) is 6.04. The van der Waals surface area contributed by atoms with E-state index in [1.54, 1.807) is 7.11 Å². The number of fused-ring (bicyclic) bond motifs is 1. The number of ether oxygens (including phenoxy) is 1. The quantitative estimate of drug-likeness (QED) is 0.916. The normalized spacial score (nSPS) is 27.6. The Morgan fingerprint density at radius 1 is 1.35 bits per heavy atom. The van der Waals surface area contributed by atoms with Crippen LogP contribution in [0.4, 0.5) is 0 Å². The van der Waals surface area contributed by atoms with Gasteiger partial charge in [0.1, 0.15) is 5.75 Å². The van der Waals surface area contributed by atoms with E-state index in [-0.39, 0.29) is 0 Å². The molecule has 1 aromatic rings. The SMILES string of the molecule is COc1ccc(C(CN)N2CC3CCCC3C2)cc1Br. The van der Waals surface area contributed by atoms with Crippen molar-refractivity contribution in [3.63, 3.8) is 0 Å². The number of nitrogens with two attached hydrogens (primary N) is 1. The van der Waals surface area contributed by atoms with Crippen LogP contribution >= 0.6 is 15.9 Å². The Morgan fingerprint density at radius 2 is 2.05 bits per heavy atom. The zero-order valence-electron chi connectivity index (χ0n) is 12.0. The van der Waals surface area contributed by atoms with Gasteiger partial charge in [-0.25, -0.2) is 0 Å². The van der Waals surface area contributed by atoms with Crippen LogP contribution < -0.4 is 10.5 Å². The zero-order chi connectivity index (χ0) is 14.1. The molecule has 1 aliphatic carbocycles. The third-order valence-corrected chi connectivity index (χ3v) is 5.60. The summed E-state index contributed by atoms with van der Waals surface area (Å²) in [6.07, 6.45) is 4.24. The molecule has 1 aliphatic heterocycles. The maximum absolute atomic E-state index is 6.07. The Bertz CT molecular complexity index is 468.